The summed E-state index contributed by atoms with van der Waals surface area (Å²) in [6.07, 6.45) is -2.16. The fourth-order valence-corrected chi connectivity index (χ4v) is 3.13. The molecule has 0 aliphatic carbocycles. The number of halogens is 4. The number of alkyl halides is 3. The monoisotopic (exact) mass is 408 g/mol. The number of hydrogen-bond acceptors (Lipinski definition) is 3. The summed E-state index contributed by atoms with van der Waals surface area (Å²) in [7, 11) is 0. The summed E-state index contributed by atoms with van der Waals surface area (Å²) in [4.78, 5) is 10.8. The lowest BCUT2D eigenvalue weighted by Crippen LogP contribution is -2.12. The van der Waals surface area contributed by atoms with Crippen molar-refractivity contribution in [2.45, 2.75) is 33.1 Å². The molecule has 0 aromatic heterocycles. The number of carbonyl (C=O) groups excluding carboxylic acids is 1. The van der Waals surface area contributed by atoms with Gasteiger partial charge in [-0.1, -0.05) is 26.0 Å². The smallest absolute Gasteiger partial charge is 0.416 e. The molecule has 0 bridgehead atoms. The third-order valence-corrected chi connectivity index (χ3v) is 4.45. The maximum atomic E-state index is 14.3. The topological polar surface area (TPSA) is 35.5 Å². The zero-order chi connectivity index (χ0) is 21.2. The molecule has 29 heavy (non-hydrogen) atoms. The van der Waals surface area contributed by atoms with E-state index in [1.54, 1.807) is 6.07 Å². The van der Waals surface area contributed by atoms with Gasteiger partial charge in [0, 0.05) is 17.7 Å². The molecular weight excluding hydrogens is 388 g/mol. The molecule has 1 aliphatic heterocycles. The number of rotatable bonds is 6. The Labute approximate surface area is 165 Å². The van der Waals surface area contributed by atoms with E-state index in [1.165, 1.54) is 18.2 Å². The molecule has 0 unspecified atom stereocenters. The van der Waals surface area contributed by atoms with Crippen molar-refractivity contribution >= 4 is 12.4 Å². The largest absolute Gasteiger partial charge is 0.489 e. The SMILES string of the molecule is CC(C)Cc1ccc(COc2cc(F)c3c(c2)OCC(C=O)=C3)cc1C(F)(F)F. The van der Waals surface area contributed by atoms with Crippen molar-refractivity contribution in [1.82, 2.24) is 0 Å². The van der Waals surface area contributed by atoms with E-state index in [0.29, 0.717) is 23.8 Å². The van der Waals surface area contributed by atoms with Crippen LogP contribution in [0.15, 0.2) is 35.9 Å². The van der Waals surface area contributed by atoms with Gasteiger partial charge in [0.05, 0.1) is 11.1 Å². The Balaban J connectivity index is 1.81. The predicted octanol–water partition coefficient (Wildman–Crippen LogP) is 5.60. The van der Waals surface area contributed by atoms with Crippen LogP contribution in [0.4, 0.5) is 17.6 Å². The molecule has 0 radical (unpaired) electrons. The van der Waals surface area contributed by atoms with E-state index in [2.05, 4.69) is 0 Å². The molecule has 1 heterocycles. The molecule has 0 atom stereocenters. The van der Waals surface area contributed by atoms with Crippen LogP contribution in [-0.4, -0.2) is 12.9 Å². The third kappa shape index (κ3) is 4.96. The number of hydrogen-bond donors (Lipinski definition) is 0. The molecule has 1 aliphatic rings. The fourth-order valence-electron chi connectivity index (χ4n) is 3.13. The first-order valence-electron chi connectivity index (χ1n) is 9.11. The van der Waals surface area contributed by atoms with E-state index in [1.807, 2.05) is 13.8 Å². The van der Waals surface area contributed by atoms with E-state index in [0.717, 1.165) is 12.1 Å². The Bertz CT molecular complexity index is 946. The number of fused-ring (bicyclic) bond motifs is 1. The highest BCUT2D eigenvalue weighted by Gasteiger charge is 2.33. The minimum atomic E-state index is -4.46. The number of carbonyl (C=O) groups is 1. The van der Waals surface area contributed by atoms with Crippen molar-refractivity contribution < 1.29 is 31.8 Å². The molecule has 7 heteroatoms. The minimum absolute atomic E-state index is 0.0195. The van der Waals surface area contributed by atoms with Crippen LogP contribution in [-0.2, 0) is 24.0 Å². The first kappa shape index (κ1) is 20.9. The number of benzene rings is 2. The highest BCUT2D eigenvalue weighted by atomic mass is 19.4. The van der Waals surface area contributed by atoms with Gasteiger partial charge < -0.3 is 9.47 Å². The van der Waals surface area contributed by atoms with Crippen LogP contribution < -0.4 is 9.47 Å². The summed E-state index contributed by atoms with van der Waals surface area (Å²) in [5.41, 5.74) is 0.336. The average Bonchev–Trinajstić information content (AvgIpc) is 2.65. The lowest BCUT2D eigenvalue weighted by atomic mass is 9.96. The molecule has 2 aromatic rings. The lowest BCUT2D eigenvalue weighted by molar-refractivity contribution is -0.138. The van der Waals surface area contributed by atoms with Gasteiger partial charge in [0.1, 0.15) is 36.8 Å². The third-order valence-electron chi connectivity index (χ3n) is 4.45. The zero-order valence-corrected chi connectivity index (χ0v) is 16.0. The standard InChI is InChI=1S/C22H20F4O3/c1-13(2)5-16-4-3-14(7-19(16)22(24,25)26)11-28-17-8-20(23)18-6-15(10-27)12-29-21(18)9-17/h3-4,6-10,13H,5,11-12H2,1-2H3. The Morgan fingerprint density at radius 3 is 2.62 bits per heavy atom. The highest BCUT2D eigenvalue weighted by molar-refractivity contribution is 5.84. The number of ether oxygens (including phenoxy) is 2. The maximum absolute atomic E-state index is 14.3. The first-order chi connectivity index (χ1) is 13.7. The molecule has 154 valence electrons. The first-order valence-corrected chi connectivity index (χ1v) is 9.11. The molecule has 3 rings (SSSR count). The summed E-state index contributed by atoms with van der Waals surface area (Å²) >= 11 is 0. The van der Waals surface area contributed by atoms with Gasteiger partial charge in [0.2, 0.25) is 0 Å². The van der Waals surface area contributed by atoms with E-state index in [9.17, 15) is 22.4 Å². The van der Waals surface area contributed by atoms with Crippen LogP contribution in [0, 0.1) is 11.7 Å². The quantitative estimate of drug-likeness (QED) is 0.461. The minimum Gasteiger partial charge on any atom is -0.489 e. The summed E-state index contributed by atoms with van der Waals surface area (Å²) in [5.74, 6) is -0.205. The summed E-state index contributed by atoms with van der Waals surface area (Å²) in [6, 6.07) is 6.68. The van der Waals surface area contributed by atoms with Crippen LogP contribution in [0.1, 0.15) is 36.1 Å². The van der Waals surface area contributed by atoms with Crippen molar-refractivity contribution in [2.75, 3.05) is 6.61 Å². The lowest BCUT2D eigenvalue weighted by Gasteiger charge is -2.18. The van der Waals surface area contributed by atoms with E-state index < -0.39 is 17.6 Å². The molecular formula is C22H20F4O3. The van der Waals surface area contributed by atoms with Crippen molar-refractivity contribution in [3.05, 3.63) is 64.0 Å². The Hall–Kier alpha value is -2.83. The fraction of sp³-hybridized carbons (Fsp3) is 0.318. The molecule has 0 saturated carbocycles. The normalized spacial score (nSPS) is 13.6. The summed E-state index contributed by atoms with van der Waals surface area (Å²) < 4.78 is 65.4. The van der Waals surface area contributed by atoms with Crippen molar-refractivity contribution in [2.24, 2.45) is 5.92 Å². The average molecular weight is 408 g/mol. The molecule has 0 spiro atoms. The van der Waals surface area contributed by atoms with Gasteiger partial charge in [-0.05, 0) is 35.6 Å². The molecule has 0 saturated heterocycles. The second-order valence-electron chi connectivity index (χ2n) is 7.32. The van der Waals surface area contributed by atoms with E-state index in [-0.39, 0.29) is 41.8 Å². The van der Waals surface area contributed by atoms with Crippen molar-refractivity contribution in [3.63, 3.8) is 0 Å². The van der Waals surface area contributed by atoms with Gasteiger partial charge in [-0.15, -0.1) is 0 Å². The van der Waals surface area contributed by atoms with Gasteiger partial charge in [-0.2, -0.15) is 13.2 Å². The van der Waals surface area contributed by atoms with E-state index >= 15 is 0 Å². The summed E-state index contributed by atoms with van der Waals surface area (Å²) in [5, 5.41) is 0. The van der Waals surface area contributed by atoms with Crippen LogP contribution in [0.5, 0.6) is 11.5 Å². The van der Waals surface area contributed by atoms with Crippen molar-refractivity contribution in [3.8, 4) is 11.5 Å². The van der Waals surface area contributed by atoms with Crippen LogP contribution in [0.2, 0.25) is 0 Å². The van der Waals surface area contributed by atoms with Gasteiger partial charge in [0.15, 0.2) is 0 Å². The second-order valence-corrected chi connectivity index (χ2v) is 7.32. The van der Waals surface area contributed by atoms with Crippen LogP contribution in [0.25, 0.3) is 6.08 Å². The molecule has 0 fully saturated rings. The van der Waals surface area contributed by atoms with Gasteiger partial charge in [-0.3, -0.25) is 4.79 Å². The van der Waals surface area contributed by atoms with Gasteiger partial charge in [-0.25, -0.2) is 4.39 Å². The highest BCUT2D eigenvalue weighted by Crippen LogP contribution is 2.35. The maximum Gasteiger partial charge on any atom is 0.416 e. The van der Waals surface area contributed by atoms with Gasteiger partial charge >= 0.3 is 6.18 Å². The van der Waals surface area contributed by atoms with Gasteiger partial charge in [0.25, 0.3) is 0 Å². The molecule has 3 nitrogen and oxygen atoms in total. The molecule has 0 N–H and O–H groups in total. The van der Waals surface area contributed by atoms with Crippen molar-refractivity contribution in [1.29, 1.82) is 0 Å². The second kappa shape index (κ2) is 8.27. The van der Waals surface area contributed by atoms with Crippen LogP contribution >= 0.6 is 0 Å². The molecule has 0 amide bonds. The number of aldehydes is 1. The van der Waals surface area contributed by atoms with Crippen LogP contribution in [0.3, 0.4) is 0 Å². The zero-order valence-electron chi connectivity index (χ0n) is 16.0. The Morgan fingerprint density at radius 2 is 1.97 bits per heavy atom. The Morgan fingerprint density at radius 1 is 1.21 bits per heavy atom. The molecule has 2 aromatic carbocycles. The summed E-state index contributed by atoms with van der Waals surface area (Å²) in [6.45, 7) is 3.58. The predicted molar refractivity (Wildman–Crippen MR) is 100 cm³/mol. The Kier molecular flexibility index (Phi) is 5.96. The van der Waals surface area contributed by atoms with E-state index in [4.69, 9.17) is 9.47 Å².